The van der Waals surface area contributed by atoms with E-state index in [1.807, 2.05) is 55.9 Å². The SMILES string of the molecule is Cc1cc(CNC(=O)c2cc3ccc(Cl)cc3n2C)n(C)n1. The second-order valence-corrected chi connectivity index (χ2v) is 5.81. The smallest absolute Gasteiger partial charge is 0.268 e. The Bertz CT molecular complexity index is 863. The summed E-state index contributed by atoms with van der Waals surface area (Å²) in [5, 5.41) is 8.85. The monoisotopic (exact) mass is 316 g/mol. The highest BCUT2D eigenvalue weighted by Gasteiger charge is 2.14. The molecule has 0 atom stereocenters. The van der Waals surface area contributed by atoms with E-state index in [0.29, 0.717) is 17.3 Å². The molecule has 1 N–H and O–H groups in total. The van der Waals surface area contributed by atoms with Crippen molar-refractivity contribution in [3.63, 3.8) is 0 Å². The lowest BCUT2D eigenvalue weighted by Crippen LogP contribution is -2.25. The molecule has 0 spiro atoms. The molecular formula is C16H17ClN4O. The minimum Gasteiger partial charge on any atom is -0.345 e. The summed E-state index contributed by atoms with van der Waals surface area (Å²) in [4.78, 5) is 12.4. The molecule has 1 aromatic carbocycles. The average molecular weight is 317 g/mol. The number of nitrogens with zero attached hydrogens (tertiary/aromatic N) is 3. The Balaban J connectivity index is 1.83. The minimum atomic E-state index is -0.117. The molecule has 0 radical (unpaired) electrons. The number of benzene rings is 1. The number of aromatic nitrogens is 3. The molecule has 1 amide bonds. The number of carbonyl (C=O) groups is 1. The maximum Gasteiger partial charge on any atom is 0.268 e. The zero-order valence-electron chi connectivity index (χ0n) is 12.7. The Morgan fingerprint density at radius 1 is 1.27 bits per heavy atom. The van der Waals surface area contributed by atoms with Gasteiger partial charge in [-0.3, -0.25) is 9.48 Å². The molecule has 5 nitrogen and oxygen atoms in total. The molecule has 0 fully saturated rings. The molecule has 3 aromatic rings. The Morgan fingerprint density at radius 2 is 2.05 bits per heavy atom. The van der Waals surface area contributed by atoms with E-state index in [0.717, 1.165) is 22.3 Å². The fourth-order valence-corrected chi connectivity index (χ4v) is 2.78. The van der Waals surface area contributed by atoms with Gasteiger partial charge in [0.1, 0.15) is 5.69 Å². The third kappa shape index (κ3) is 2.60. The zero-order valence-corrected chi connectivity index (χ0v) is 13.5. The molecular weight excluding hydrogens is 300 g/mol. The van der Waals surface area contributed by atoms with Crippen molar-refractivity contribution in [2.24, 2.45) is 14.1 Å². The van der Waals surface area contributed by atoms with Crippen molar-refractivity contribution in [1.82, 2.24) is 19.7 Å². The van der Waals surface area contributed by atoms with Crippen molar-refractivity contribution >= 4 is 28.4 Å². The molecule has 0 aliphatic rings. The van der Waals surface area contributed by atoms with Crippen LogP contribution in [0, 0.1) is 6.92 Å². The third-order valence-electron chi connectivity index (χ3n) is 3.77. The van der Waals surface area contributed by atoms with E-state index in [-0.39, 0.29) is 5.91 Å². The molecule has 2 aromatic heterocycles. The topological polar surface area (TPSA) is 51.9 Å². The summed E-state index contributed by atoms with van der Waals surface area (Å²) in [7, 11) is 3.73. The Kier molecular flexibility index (Phi) is 3.66. The van der Waals surface area contributed by atoms with Crippen LogP contribution in [0.4, 0.5) is 0 Å². The summed E-state index contributed by atoms with van der Waals surface area (Å²) in [6.07, 6.45) is 0. The van der Waals surface area contributed by atoms with Gasteiger partial charge < -0.3 is 9.88 Å². The minimum absolute atomic E-state index is 0.117. The maximum absolute atomic E-state index is 12.4. The van der Waals surface area contributed by atoms with Crippen molar-refractivity contribution in [3.05, 3.63) is 52.4 Å². The summed E-state index contributed by atoms with van der Waals surface area (Å²) in [6, 6.07) is 9.43. The van der Waals surface area contributed by atoms with Crippen LogP contribution in [-0.4, -0.2) is 20.3 Å². The van der Waals surface area contributed by atoms with E-state index in [4.69, 9.17) is 11.6 Å². The van der Waals surface area contributed by atoms with Gasteiger partial charge in [-0.15, -0.1) is 0 Å². The molecule has 22 heavy (non-hydrogen) atoms. The lowest BCUT2D eigenvalue weighted by Gasteiger charge is -2.07. The molecule has 0 saturated carbocycles. The summed E-state index contributed by atoms with van der Waals surface area (Å²) < 4.78 is 3.63. The van der Waals surface area contributed by atoms with Crippen LogP contribution >= 0.6 is 11.6 Å². The Labute approximate surface area is 133 Å². The molecule has 6 heteroatoms. The molecule has 0 bridgehead atoms. The number of hydrogen-bond donors (Lipinski definition) is 1. The fourth-order valence-electron chi connectivity index (χ4n) is 2.61. The molecule has 0 aliphatic heterocycles. The molecule has 2 heterocycles. The van der Waals surface area contributed by atoms with E-state index in [9.17, 15) is 4.79 Å². The standard InChI is InChI=1S/C16H17ClN4O/c1-10-6-13(21(3)19-10)9-18-16(22)15-7-11-4-5-12(17)8-14(11)20(15)2/h4-8H,9H2,1-3H3,(H,18,22). The summed E-state index contributed by atoms with van der Waals surface area (Å²) in [5.74, 6) is -0.117. The van der Waals surface area contributed by atoms with Crippen molar-refractivity contribution in [1.29, 1.82) is 0 Å². The van der Waals surface area contributed by atoms with Crippen LogP contribution in [0.25, 0.3) is 10.9 Å². The number of amides is 1. The number of rotatable bonds is 3. The van der Waals surface area contributed by atoms with Crippen LogP contribution in [0.15, 0.2) is 30.3 Å². The third-order valence-corrected chi connectivity index (χ3v) is 4.00. The van der Waals surface area contributed by atoms with Gasteiger partial charge in [0.25, 0.3) is 5.91 Å². The van der Waals surface area contributed by atoms with Gasteiger partial charge in [-0.05, 0) is 31.2 Å². The van der Waals surface area contributed by atoms with Gasteiger partial charge in [-0.25, -0.2) is 0 Å². The normalized spacial score (nSPS) is 11.1. The lowest BCUT2D eigenvalue weighted by molar-refractivity contribution is 0.0942. The highest BCUT2D eigenvalue weighted by molar-refractivity contribution is 6.31. The second-order valence-electron chi connectivity index (χ2n) is 5.38. The first-order chi connectivity index (χ1) is 10.5. The van der Waals surface area contributed by atoms with E-state index in [1.54, 1.807) is 4.68 Å². The first-order valence-corrected chi connectivity index (χ1v) is 7.36. The Hall–Kier alpha value is -2.27. The number of nitrogens with one attached hydrogen (secondary N) is 1. The van der Waals surface area contributed by atoms with Crippen LogP contribution < -0.4 is 5.32 Å². The van der Waals surface area contributed by atoms with E-state index in [2.05, 4.69) is 10.4 Å². The number of carbonyl (C=O) groups excluding carboxylic acids is 1. The highest BCUT2D eigenvalue weighted by Crippen LogP contribution is 2.22. The number of hydrogen-bond acceptors (Lipinski definition) is 2. The summed E-state index contributed by atoms with van der Waals surface area (Å²) in [6.45, 7) is 2.37. The van der Waals surface area contributed by atoms with E-state index < -0.39 is 0 Å². The number of fused-ring (bicyclic) bond motifs is 1. The molecule has 0 unspecified atom stereocenters. The predicted octanol–water partition coefficient (Wildman–Crippen LogP) is 2.80. The number of aryl methyl sites for hydroxylation is 3. The quantitative estimate of drug-likeness (QED) is 0.808. The molecule has 0 aliphatic carbocycles. The number of halogens is 1. The van der Waals surface area contributed by atoms with Crippen LogP contribution in [0.1, 0.15) is 21.9 Å². The lowest BCUT2D eigenvalue weighted by atomic mass is 10.2. The summed E-state index contributed by atoms with van der Waals surface area (Å²) in [5.41, 5.74) is 3.45. The van der Waals surface area contributed by atoms with Crippen molar-refractivity contribution in [2.45, 2.75) is 13.5 Å². The van der Waals surface area contributed by atoms with Gasteiger partial charge >= 0.3 is 0 Å². The van der Waals surface area contributed by atoms with E-state index >= 15 is 0 Å². The van der Waals surface area contributed by atoms with Gasteiger partial charge in [-0.2, -0.15) is 5.10 Å². The largest absolute Gasteiger partial charge is 0.345 e. The fraction of sp³-hybridized carbons (Fsp3) is 0.250. The van der Waals surface area contributed by atoms with Crippen molar-refractivity contribution < 1.29 is 4.79 Å². The van der Waals surface area contributed by atoms with Crippen LogP contribution in [0.3, 0.4) is 0 Å². The summed E-state index contributed by atoms with van der Waals surface area (Å²) >= 11 is 6.02. The average Bonchev–Trinajstić information content (AvgIpc) is 2.96. The second kappa shape index (κ2) is 5.50. The van der Waals surface area contributed by atoms with Gasteiger partial charge in [-0.1, -0.05) is 17.7 Å². The van der Waals surface area contributed by atoms with E-state index in [1.165, 1.54) is 0 Å². The highest BCUT2D eigenvalue weighted by atomic mass is 35.5. The van der Waals surface area contributed by atoms with Gasteiger partial charge in [0.2, 0.25) is 0 Å². The van der Waals surface area contributed by atoms with Crippen molar-refractivity contribution in [2.75, 3.05) is 0 Å². The first kappa shape index (κ1) is 14.7. The first-order valence-electron chi connectivity index (χ1n) is 6.98. The Morgan fingerprint density at radius 3 is 2.73 bits per heavy atom. The van der Waals surface area contributed by atoms with Gasteiger partial charge in [0.15, 0.2) is 0 Å². The van der Waals surface area contributed by atoms with Gasteiger partial charge in [0.05, 0.1) is 17.9 Å². The van der Waals surface area contributed by atoms with Crippen LogP contribution in [-0.2, 0) is 20.6 Å². The van der Waals surface area contributed by atoms with Gasteiger partial charge in [0, 0.05) is 30.0 Å². The maximum atomic E-state index is 12.4. The molecule has 0 saturated heterocycles. The van der Waals surface area contributed by atoms with Crippen molar-refractivity contribution in [3.8, 4) is 0 Å². The van der Waals surface area contributed by atoms with Crippen LogP contribution in [0.2, 0.25) is 5.02 Å². The molecule has 3 rings (SSSR count). The zero-order chi connectivity index (χ0) is 15.9. The van der Waals surface area contributed by atoms with Crippen LogP contribution in [0.5, 0.6) is 0 Å². The predicted molar refractivity (Wildman–Crippen MR) is 87.0 cm³/mol. The molecule has 114 valence electrons.